The summed E-state index contributed by atoms with van der Waals surface area (Å²) in [6.45, 7) is 11.4. The number of carbonyl (C=O) groups is 1. The maximum Gasteiger partial charge on any atom is 0.281 e. The van der Waals surface area contributed by atoms with Crippen molar-refractivity contribution in [3.63, 3.8) is 0 Å². The monoisotopic (exact) mass is 581 g/mol. The largest absolute Gasteiger partial charge is 0.382 e. The maximum absolute atomic E-state index is 14.4. The molecule has 10 nitrogen and oxygen atoms in total. The Balaban J connectivity index is 1.12. The standard InChI is InChI=1S/C30H37F2N7O3/c1-4-26(40)36-10-8-35(9-11-36)24-14-38-22(24)7-5-6-21-23(38)12-25(34-27(21)29(31)32)37-17-30(18-37)28-19(2)13-33-39(28)20(15-41-3)16-42-30/h4-6,12-13,20,22,24,29H,1,7-11,14-18H2,2-3H3/t20?,22?,24-/m1/s1. The number of carbonyl (C=O) groups excluding carboxylic acids is 1. The van der Waals surface area contributed by atoms with Crippen molar-refractivity contribution in [2.45, 2.75) is 43.5 Å². The zero-order chi connectivity index (χ0) is 29.2. The van der Waals surface area contributed by atoms with Crippen LogP contribution >= 0.6 is 0 Å². The van der Waals surface area contributed by atoms with Crippen molar-refractivity contribution in [1.82, 2.24) is 24.6 Å². The van der Waals surface area contributed by atoms with E-state index in [1.807, 2.05) is 45.8 Å². The van der Waals surface area contributed by atoms with Gasteiger partial charge in [0.05, 0.1) is 49.9 Å². The average molecular weight is 582 g/mol. The summed E-state index contributed by atoms with van der Waals surface area (Å²) in [6.07, 6.45) is 5.14. The van der Waals surface area contributed by atoms with Crippen LogP contribution < -0.4 is 9.80 Å². The molecule has 0 N–H and O–H groups in total. The highest BCUT2D eigenvalue weighted by Gasteiger charge is 2.53. The molecule has 2 aromatic heterocycles. The minimum Gasteiger partial charge on any atom is -0.382 e. The van der Waals surface area contributed by atoms with Gasteiger partial charge < -0.3 is 24.2 Å². The Bertz CT molecular complexity index is 1410. The summed E-state index contributed by atoms with van der Waals surface area (Å²) < 4.78 is 42.7. The zero-order valence-electron chi connectivity index (χ0n) is 24.1. The van der Waals surface area contributed by atoms with Crippen molar-refractivity contribution in [3.05, 3.63) is 53.5 Å². The van der Waals surface area contributed by atoms with E-state index in [0.29, 0.717) is 56.8 Å². The van der Waals surface area contributed by atoms with Gasteiger partial charge in [-0.25, -0.2) is 13.8 Å². The third-order valence-corrected chi connectivity index (χ3v) is 9.61. The molecule has 1 amide bonds. The minimum absolute atomic E-state index is 0.00275. The number of aryl methyl sites for hydroxylation is 1. The van der Waals surface area contributed by atoms with E-state index < -0.39 is 12.0 Å². The summed E-state index contributed by atoms with van der Waals surface area (Å²) in [7, 11) is 1.67. The lowest BCUT2D eigenvalue weighted by atomic mass is 9.86. The minimum atomic E-state index is -2.69. The van der Waals surface area contributed by atoms with Gasteiger partial charge in [0, 0.05) is 63.5 Å². The number of fused-ring (bicyclic) bond motifs is 5. The molecular formula is C30H37F2N7O3. The molecule has 0 aromatic carbocycles. The summed E-state index contributed by atoms with van der Waals surface area (Å²) in [5.41, 5.74) is 2.68. The summed E-state index contributed by atoms with van der Waals surface area (Å²) in [5, 5.41) is 4.61. The Labute approximate surface area is 244 Å². The second-order valence-corrected chi connectivity index (χ2v) is 12.0. The molecule has 7 heterocycles. The highest BCUT2D eigenvalue weighted by atomic mass is 19.3. The predicted molar refractivity (Wildman–Crippen MR) is 154 cm³/mol. The number of hydrogen-bond donors (Lipinski definition) is 0. The number of pyridine rings is 1. The first kappa shape index (κ1) is 27.5. The van der Waals surface area contributed by atoms with Gasteiger partial charge in [-0.15, -0.1) is 0 Å². The van der Waals surface area contributed by atoms with Gasteiger partial charge in [-0.05, 0) is 25.0 Å². The van der Waals surface area contributed by atoms with Crippen molar-refractivity contribution >= 4 is 23.5 Å². The van der Waals surface area contributed by atoms with Gasteiger partial charge in [0.15, 0.2) is 0 Å². The van der Waals surface area contributed by atoms with Crippen LogP contribution in [-0.4, -0.2) is 109 Å². The predicted octanol–water partition coefficient (Wildman–Crippen LogP) is 2.76. The van der Waals surface area contributed by atoms with Gasteiger partial charge in [0.25, 0.3) is 6.43 Å². The van der Waals surface area contributed by atoms with E-state index in [2.05, 4.69) is 26.5 Å². The Kier molecular flexibility index (Phi) is 6.82. The summed E-state index contributed by atoms with van der Waals surface area (Å²) in [6, 6.07) is 2.47. The zero-order valence-corrected chi connectivity index (χ0v) is 24.1. The molecule has 2 aromatic rings. The van der Waals surface area contributed by atoms with Crippen LogP contribution in [0.4, 0.5) is 20.3 Å². The van der Waals surface area contributed by atoms with Crippen molar-refractivity contribution in [2.75, 3.05) is 75.9 Å². The van der Waals surface area contributed by atoms with Gasteiger partial charge >= 0.3 is 0 Å². The Morgan fingerprint density at radius 3 is 2.76 bits per heavy atom. The lowest BCUT2D eigenvalue weighted by molar-refractivity contribution is -0.128. The first-order valence-electron chi connectivity index (χ1n) is 14.7. The van der Waals surface area contributed by atoms with E-state index in [4.69, 9.17) is 9.47 Å². The molecule has 5 aliphatic rings. The van der Waals surface area contributed by atoms with Crippen molar-refractivity contribution in [1.29, 1.82) is 0 Å². The highest BCUT2D eigenvalue weighted by Crippen LogP contribution is 2.47. The molecule has 3 atom stereocenters. The van der Waals surface area contributed by atoms with Crippen LogP contribution in [0.5, 0.6) is 0 Å². The number of anilines is 2. The Hall–Kier alpha value is -3.35. The number of nitrogens with zero attached hydrogens (tertiary/aromatic N) is 7. The fourth-order valence-corrected chi connectivity index (χ4v) is 7.43. The van der Waals surface area contributed by atoms with Gasteiger partial charge in [0.2, 0.25) is 5.91 Å². The molecule has 42 heavy (non-hydrogen) atoms. The molecule has 3 fully saturated rings. The van der Waals surface area contributed by atoms with Gasteiger partial charge in [0.1, 0.15) is 17.1 Å². The third-order valence-electron chi connectivity index (χ3n) is 9.61. The number of hydrogen-bond acceptors (Lipinski definition) is 8. The van der Waals surface area contributed by atoms with E-state index >= 15 is 0 Å². The van der Waals surface area contributed by atoms with Crippen LogP contribution in [0.15, 0.2) is 31.0 Å². The van der Waals surface area contributed by atoms with Crippen LogP contribution in [0.2, 0.25) is 0 Å². The van der Waals surface area contributed by atoms with Crippen LogP contribution in [0, 0.1) is 6.92 Å². The SMILES string of the molecule is C=CC(=O)N1CCN([C@@H]2CN3c4cc(N5CC6(C5)OCC(COC)n5ncc(C)c56)nc(C(F)F)c4C=CCC23)CC1. The van der Waals surface area contributed by atoms with E-state index in [-0.39, 0.29) is 23.7 Å². The lowest BCUT2D eigenvalue weighted by Crippen LogP contribution is -2.69. The number of rotatable bonds is 6. The van der Waals surface area contributed by atoms with Gasteiger partial charge in [-0.1, -0.05) is 18.7 Å². The molecule has 0 bridgehead atoms. The fourth-order valence-electron chi connectivity index (χ4n) is 7.43. The molecule has 2 unspecified atom stereocenters. The van der Waals surface area contributed by atoms with E-state index in [9.17, 15) is 13.6 Å². The second-order valence-electron chi connectivity index (χ2n) is 12.0. The van der Waals surface area contributed by atoms with Crippen LogP contribution in [0.25, 0.3) is 6.08 Å². The number of ether oxygens (including phenoxy) is 2. The summed E-state index contributed by atoms with van der Waals surface area (Å²) >= 11 is 0. The summed E-state index contributed by atoms with van der Waals surface area (Å²) in [4.78, 5) is 25.1. The fraction of sp³-hybridized carbons (Fsp3) is 0.567. The van der Waals surface area contributed by atoms with Crippen molar-refractivity contribution in [2.24, 2.45) is 0 Å². The quantitative estimate of drug-likeness (QED) is 0.482. The topological polar surface area (TPSA) is 79.2 Å². The number of methoxy groups -OCH3 is 1. The molecule has 7 rings (SSSR count). The number of amides is 1. The normalized spacial score (nSPS) is 26.3. The van der Waals surface area contributed by atoms with Crippen molar-refractivity contribution in [3.8, 4) is 0 Å². The lowest BCUT2D eigenvalue weighted by Gasteiger charge is -2.55. The molecule has 0 radical (unpaired) electrons. The number of halogens is 2. The second kappa shape index (κ2) is 10.4. The molecular weight excluding hydrogens is 544 g/mol. The molecule has 0 aliphatic carbocycles. The summed E-state index contributed by atoms with van der Waals surface area (Å²) in [5.74, 6) is 0.520. The van der Waals surface area contributed by atoms with Gasteiger partial charge in [-0.2, -0.15) is 5.10 Å². The first-order chi connectivity index (χ1) is 20.3. The maximum atomic E-state index is 14.4. The van der Waals surface area contributed by atoms with E-state index in [0.717, 1.165) is 43.0 Å². The molecule has 224 valence electrons. The Morgan fingerprint density at radius 2 is 2.05 bits per heavy atom. The smallest absolute Gasteiger partial charge is 0.281 e. The molecule has 5 aliphatic heterocycles. The van der Waals surface area contributed by atoms with E-state index in [1.165, 1.54) is 6.08 Å². The van der Waals surface area contributed by atoms with E-state index in [1.54, 1.807) is 7.11 Å². The van der Waals surface area contributed by atoms with Gasteiger partial charge in [-0.3, -0.25) is 14.4 Å². The van der Waals surface area contributed by atoms with Crippen molar-refractivity contribution < 1.29 is 23.0 Å². The molecule has 12 heteroatoms. The third kappa shape index (κ3) is 4.25. The number of alkyl halides is 2. The number of aromatic nitrogens is 3. The Morgan fingerprint density at radius 1 is 1.26 bits per heavy atom. The number of piperazine rings is 1. The highest BCUT2D eigenvalue weighted by molar-refractivity contribution is 5.87. The molecule has 1 spiro atoms. The van der Waals surface area contributed by atoms with Crippen LogP contribution in [0.3, 0.4) is 0 Å². The molecule has 3 saturated heterocycles. The molecule has 0 saturated carbocycles. The van der Waals surface area contributed by atoms with Crippen LogP contribution in [0.1, 0.15) is 41.4 Å². The van der Waals surface area contributed by atoms with Crippen LogP contribution in [-0.2, 0) is 19.9 Å². The first-order valence-corrected chi connectivity index (χ1v) is 14.7. The average Bonchev–Trinajstić information content (AvgIpc) is 3.30.